The number of hydrogen-bond acceptors (Lipinski definition) is 5. The summed E-state index contributed by atoms with van der Waals surface area (Å²) in [6.07, 6.45) is 7.91. The molecule has 0 unspecified atom stereocenters. The van der Waals surface area contributed by atoms with Gasteiger partial charge in [-0.3, -0.25) is 14.5 Å². The molecule has 1 aromatic carbocycles. The maximum atomic E-state index is 13.1. The summed E-state index contributed by atoms with van der Waals surface area (Å²) in [6.45, 7) is 4.91. The number of piperidine rings is 2. The third kappa shape index (κ3) is 5.30. The first-order chi connectivity index (χ1) is 15.5. The molecule has 2 amide bonds. The molecule has 2 aromatic rings. The van der Waals surface area contributed by atoms with Crippen molar-refractivity contribution in [1.29, 1.82) is 0 Å². The van der Waals surface area contributed by atoms with E-state index in [1.54, 1.807) is 6.92 Å². The van der Waals surface area contributed by atoms with E-state index in [0.717, 1.165) is 45.2 Å². The van der Waals surface area contributed by atoms with E-state index in [2.05, 4.69) is 20.2 Å². The van der Waals surface area contributed by atoms with Crippen molar-refractivity contribution in [3.8, 4) is 0 Å². The van der Waals surface area contributed by atoms with E-state index in [0.29, 0.717) is 35.9 Å². The molecular weight excluding hydrogens is 409 g/mol. The van der Waals surface area contributed by atoms with Crippen molar-refractivity contribution in [1.82, 2.24) is 19.8 Å². The van der Waals surface area contributed by atoms with E-state index in [1.165, 1.54) is 36.9 Å². The van der Waals surface area contributed by atoms with Gasteiger partial charge in [-0.2, -0.15) is 0 Å². The van der Waals surface area contributed by atoms with Crippen LogP contribution in [0, 0.1) is 12.7 Å². The lowest BCUT2D eigenvalue weighted by Crippen LogP contribution is -2.46. The molecule has 0 bridgehead atoms. The van der Waals surface area contributed by atoms with Gasteiger partial charge in [-0.05, 0) is 76.4 Å². The number of anilines is 1. The summed E-state index contributed by atoms with van der Waals surface area (Å²) in [5, 5.41) is 2.74. The van der Waals surface area contributed by atoms with Crippen LogP contribution in [0.5, 0.6) is 0 Å². The van der Waals surface area contributed by atoms with Gasteiger partial charge in [0.2, 0.25) is 5.91 Å². The molecule has 2 fully saturated rings. The minimum absolute atomic E-state index is 0.135. The van der Waals surface area contributed by atoms with Crippen LogP contribution in [0.15, 0.2) is 30.5 Å². The Kier molecular flexibility index (Phi) is 7.09. The highest BCUT2D eigenvalue weighted by Crippen LogP contribution is 2.29. The summed E-state index contributed by atoms with van der Waals surface area (Å²) in [4.78, 5) is 39.0. The number of benzene rings is 1. The number of carbonyl (C=O) groups is 2. The number of halogens is 1. The highest BCUT2D eigenvalue weighted by Gasteiger charge is 2.31. The van der Waals surface area contributed by atoms with Crippen molar-refractivity contribution in [2.75, 3.05) is 31.5 Å². The Morgan fingerprint density at radius 2 is 1.78 bits per heavy atom. The molecule has 1 N–H and O–H groups in total. The van der Waals surface area contributed by atoms with Gasteiger partial charge in [-0.15, -0.1) is 0 Å². The monoisotopic (exact) mass is 439 g/mol. The van der Waals surface area contributed by atoms with Crippen LogP contribution in [0.1, 0.15) is 66.4 Å². The highest BCUT2D eigenvalue weighted by atomic mass is 19.1. The van der Waals surface area contributed by atoms with Crippen molar-refractivity contribution >= 4 is 17.5 Å². The van der Waals surface area contributed by atoms with Crippen LogP contribution in [0.4, 0.5) is 10.1 Å². The van der Waals surface area contributed by atoms with Crippen molar-refractivity contribution in [2.45, 2.75) is 51.5 Å². The van der Waals surface area contributed by atoms with Crippen LogP contribution in [0.25, 0.3) is 0 Å². The molecule has 1 atom stereocenters. The van der Waals surface area contributed by atoms with E-state index < -0.39 is 0 Å². The molecule has 0 spiro atoms. The zero-order chi connectivity index (χ0) is 22.5. The fourth-order valence-electron chi connectivity index (χ4n) is 4.50. The number of nitrogens with one attached hydrogen (secondary N) is 1. The lowest BCUT2D eigenvalue weighted by Gasteiger charge is -2.37. The Morgan fingerprint density at radius 3 is 2.50 bits per heavy atom. The predicted octanol–water partition coefficient (Wildman–Crippen LogP) is 3.72. The van der Waals surface area contributed by atoms with Crippen LogP contribution in [-0.4, -0.2) is 57.8 Å². The quantitative estimate of drug-likeness (QED) is 0.768. The van der Waals surface area contributed by atoms with Crippen LogP contribution in [0.2, 0.25) is 0 Å². The number of aryl methyl sites for hydroxylation is 1. The molecule has 4 rings (SSSR count). The van der Waals surface area contributed by atoms with Gasteiger partial charge < -0.3 is 10.2 Å². The first kappa shape index (κ1) is 22.3. The predicted molar refractivity (Wildman–Crippen MR) is 120 cm³/mol. The number of likely N-dealkylation sites (tertiary alicyclic amines) is 2. The van der Waals surface area contributed by atoms with Gasteiger partial charge in [0, 0.05) is 18.4 Å². The number of hydrogen-bond donors (Lipinski definition) is 1. The molecule has 2 aliphatic rings. The highest BCUT2D eigenvalue weighted by molar-refractivity contribution is 6.04. The summed E-state index contributed by atoms with van der Waals surface area (Å²) in [7, 11) is 0. The first-order valence-corrected chi connectivity index (χ1v) is 11.4. The van der Waals surface area contributed by atoms with E-state index >= 15 is 0 Å². The second-order valence-corrected chi connectivity index (χ2v) is 8.62. The first-order valence-electron chi connectivity index (χ1n) is 11.4. The SMILES string of the molecule is Cc1nc([C@@H]2CCCCN2C(=O)CN2CCCCC2)ncc1C(=O)Nc1ccc(F)cc1. The fourth-order valence-corrected chi connectivity index (χ4v) is 4.50. The number of rotatable bonds is 5. The minimum atomic E-state index is -0.362. The van der Waals surface area contributed by atoms with Gasteiger partial charge in [0.1, 0.15) is 5.82 Å². The van der Waals surface area contributed by atoms with Crippen LogP contribution in [0.3, 0.4) is 0 Å². The third-order valence-corrected chi connectivity index (χ3v) is 6.27. The van der Waals surface area contributed by atoms with Gasteiger partial charge in [0.05, 0.1) is 23.8 Å². The standard InChI is InChI=1S/C24H30FN5O2/c1-17-20(24(32)28-19-10-8-18(25)9-11-19)15-26-23(27-17)21-7-3-6-14-30(21)22(31)16-29-12-4-2-5-13-29/h8-11,15,21H,2-7,12-14,16H2,1H3,(H,28,32)/t21-/m0/s1. The molecule has 32 heavy (non-hydrogen) atoms. The van der Waals surface area contributed by atoms with Crippen LogP contribution < -0.4 is 5.32 Å². The Morgan fingerprint density at radius 1 is 1.06 bits per heavy atom. The van der Waals surface area contributed by atoms with Crippen molar-refractivity contribution < 1.29 is 14.0 Å². The molecular formula is C24H30FN5O2. The fraction of sp³-hybridized carbons (Fsp3) is 0.500. The Bertz CT molecular complexity index is 959. The molecule has 8 heteroatoms. The van der Waals surface area contributed by atoms with Gasteiger partial charge in [-0.25, -0.2) is 14.4 Å². The molecule has 3 heterocycles. The van der Waals surface area contributed by atoms with Crippen molar-refractivity contribution in [3.63, 3.8) is 0 Å². The topological polar surface area (TPSA) is 78.4 Å². The molecule has 170 valence electrons. The molecule has 0 radical (unpaired) electrons. The normalized spacial score (nSPS) is 19.6. The largest absolute Gasteiger partial charge is 0.331 e. The zero-order valence-corrected chi connectivity index (χ0v) is 18.5. The maximum absolute atomic E-state index is 13.1. The van der Waals surface area contributed by atoms with Gasteiger partial charge in [0.25, 0.3) is 5.91 Å². The van der Waals surface area contributed by atoms with E-state index in [4.69, 9.17) is 0 Å². The molecule has 2 aliphatic heterocycles. The molecule has 1 aromatic heterocycles. The van der Waals surface area contributed by atoms with E-state index in [1.807, 2.05) is 4.90 Å². The second-order valence-electron chi connectivity index (χ2n) is 8.62. The average Bonchev–Trinajstić information content (AvgIpc) is 2.81. The second kappa shape index (κ2) is 10.2. The average molecular weight is 440 g/mol. The number of nitrogens with zero attached hydrogens (tertiary/aromatic N) is 4. The van der Waals surface area contributed by atoms with E-state index in [9.17, 15) is 14.0 Å². The van der Waals surface area contributed by atoms with Crippen LogP contribution in [-0.2, 0) is 4.79 Å². The van der Waals surface area contributed by atoms with Gasteiger partial charge in [-0.1, -0.05) is 6.42 Å². The smallest absolute Gasteiger partial charge is 0.259 e. The zero-order valence-electron chi connectivity index (χ0n) is 18.5. The number of carbonyl (C=O) groups excluding carboxylic acids is 2. The number of amides is 2. The maximum Gasteiger partial charge on any atom is 0.259 e. The summed E-state index contributed by atoms with van der Waals surface area (Å²) >= 11 is 0. The Hall–Kier alpha value is -2.87. The molecule has 2 saturated heterocycles. The van der Waals surface area contributed by atoms with Crippen molar-refractivity contribution in [3.05, 3.63) is 53.4 Å². The summed E-state index contributed by atoms with van der Waals surface area (Å²) in [5.74, 6) is 0.0181. The summed E-state index contributed by atoms with van der Waals surface area (Å²) < 4.78 is 13.1. The number of aromatic nitrogens is 2. The Labute approximate surface area is 188 Å². The molecule has 7 nitrogen and oxygen atoms in total. The Balaban J connectivity index is 1.46. The van der Waals surface area contributed by atoms with E-state index in [-0.39, 0.29) is 23.7 Å². The third-order valence-electron chi connectivity index (χ3n) is 6.27. The molecule has 0 saturated carbocycles. The summed E-state index contributed by atoms with van der Waals surface area (Å²) in [5.41, 5.74) is 1.42. The van der Waals surface area contributed by atoms with Gasteiger partial charge >= 0.3 is 0 Å². The minimum Gasteiger partial charge on any atom is -0.331 e. The lowest BCUT2D eigenvalue weighted by molar-refractivity contribution is -0.136. The van der Waals surface area contributed by atoms with Crippen LogP contribution >= 0.6 is 0 Å². The lowest BCUT2D eigenvalue weighted by atomic mass is 10.0. The molecule has 0 aliphatic carbocycles. The van der Waals surface area contributed by atoms with Gasteiger partial charge in [0.15, 0.2) is 5.82 Å². The van der Waals surface area contributed by atoms with Crippen molar-refractivity contribution in [2.24, 2.45) is 0 Å². The summed E-state index contributed by atoms with van der Waals surface area (Å²) in [6, 6.07) is 5.44.